The normalized spacial score (nSPS) is 29.9. The predicted octanol–water partition coefficient (Wildman–Crippen LogP) is 4.28. The van der Waals surface area contributed by atoms with E-state index in [0.29, 0.717) is 5.92 Å². The molecule has 0 spiro atoms. The van der Waals surface area contributed by atoms with E-state index in [0.717, 1.165) is 30.4 Å². The summed E-state index contributed by atoms with van der Waals surface area (Å²) in [6, 6.07) is 7.15. The van der Waals surface area contributed by atoms with Gasteiger partial charge in [-0.3, -0.25) is 0 Å². The molecular weight excluding hydrogens is 314 g/mol. The lowest BCUT2D eigenvalue weighted by Gasteiger charge is -2.26. The largest absolute Gasteiger partial charge is 0.394 e. The highest BCUT2D eigenvalue weighted by atomic mass is 32.2. The molecule has 0 aromatic heterocycles. The summed E-state index contributed by atoms with van der Waals surface area (Å²) in [4.78, 5) is 0. The summed E-state index contributed by atoms with van der Waals surface area (Å²) in [7, 11) is 0. The molecule has 3 atom stereocenters. The van der Waals surface area contributed by atoms with E-state index in [9.17, 15) is 5.11 Å². The molecular formula is C21H33NOS. The van der Waals surface area contributed by atoms with Crippen molar-refractivity contribution >= 4 is 11.8 Å². The quantitative estimate of drug-likeness (QED) is 0.807. The molecule has 0 amide bonds. The Balaban J connectivity index is 1.60. The van der Waals surface area contributed by atoms with Crippen molar-refractivity contribution in [3.8, 4) is 0 Å². The Hall–Kier alpha value is -0.510. The van der Waals surface area contributed by atoms with E-state index in [-0.39, 0.29) is 12.1 Å². The third-order valence-corrected chi connectivity index (χ3v) is 7.11. The summed E-state index contributed by atoms with van der Waals surface area (Å²) in [6.07, 6.45) is 8.19. The lowest BCUT2D eigenvalue weighted by atomic mass is 9.80. The van der Waals surface area contributed by atoms with Crippen molar-refractivity contribution in [1.82, 2.24) is 0 Å². The number of nitrogens with two attached hydrogens (primary N) is 1. The Kier molecular flexibility index (Phi) is 5.94. The molecule has 2 nitrogen and oxygen atoms in total. The van der Waals surface area contributed by atoms with Crippen LogP contribution in [0.15, 0.2) is 18.2 Å². The minimum Gasteiger partial charge on any atom is -0.394 e. The molecule has 1 fully saturated rings. The number of hydrogen-bond donors (Lipinski definition) is 2. The molecule has 3 N–H and O–H groups in total. The second-order valence-corrected chi connectivity index (χ2v) is 9.99. The standard InChI is InChI=1S/C21H33NOS/c1-15(2)24-10-8-16-3-4-18-12-19(6-5-17(18)11-16)20-7-9-21(22,13-20)14-23/h5-6,12,15-16,20,23H,3-4,7-11,13-14,22H2,1-2H3/t16-,20+,21-/m1/s1. The average molecular weight is 348 g/mol. The highest BCUT2D eigenvalue weighted by molar-refractivity contribution is 7.99. The Bertz CT molecular complexity index is 559. The van der Waals surface area contributed by atoms with Crippen LogP contribution in [0.25, 0.3) is 0 Å². The van der Waals surface area contributed by atoms with Gasteiger partial charge in [-0.15, -0.1) is 0 Å². The average Bonchev–Trinajstić information content (AvgIpc) is 2.97. The zero-order valence-electron chi connectivity index (χ0n) is 15.3. The SMILES string of the molecule is CC(C)SCC[C@H]1CCc2cc([C@H]3CC[C@](N)(CO)C3)ccc2C1. The van der Waals surface area contributed by atoms with E-state index in [1.54, 1.807) is 11.1 Å². The molecule has 1 aromatic rings. The van der Waals surface area contributed by atoms with Crippen LogP contribution in [0.2, 0.25) is 0 Å². The van der Waals surface area contributed by atoms with Crippen LogP contribution >= 0.6 is 11.8 Å². The van der Waals surface area contributed by atoms with Gasteiger partial charge < -0.3 is 10.8 Å². The van der Waals surface area contributed by atoms with Gasteiger partial charge in [0, 0.05) is 5.54 Å². The van der Waals surface area contributed by atoms with Crippen LogP contribution in [0.1, 0.15) is 68.6 Å². The van der Waals surface area contributed by atoms with Crippen molar-refractivity contribution in [1.29, 1.82) is 0 Å². The van der Waals surface area contributed by atoms with Gasteiger partial charge in [0.25, 0.3) is 0 Å². The summed E-state index contributed by atoms with van der Waals surface area (Å²) >= 11 is 2.10. The highest BCUT2D eigenvalue weighted by Gasteiger charge is 2.36. The molecule has 0 radical (unpaired) electrons. The second kappa shape index (κ2) is 7.80. The molecule has 0 saturated heterocycles. The zero-order valence-corrected chi connectivity index (χ0v) is 16.1. The highest BCUT2D eigenvalue weighted by Crippen LogP contribution is 2.40. The third kappa shape index (κ3) is 4.36. The summed E-state index contributed by atoms with van der Waals surface area (Å²) in [6.45, 7) is 4.70. The van der Waals surface area contributed by atoms with Crippen molar-refractivity contribution in [3.63, 3.8) is 0 Å². The fraction of sp³-hybridized carbons (Fsp3) is 0.714. The molecule has 1 saturated carbocycles. The van der Waals surface area contributed by atoms with Gasteiger partial charge in [0.15, 0.2) is 0 Å². The Morgan fingerprint density at radius 3 is 2.83 bits per heavy atom. The van der Waals surface area contributed by atoms with Gasteiger partial charge in [0.1, 0.15) is 0 Å². The number of benzene rings is 1. The van der Waals surface area contributed by atoms with E-state index >= 15 is 0 Å². The van der Waals surface area contributed by atoms with Gasteiger partial charge in [-0.25, -0.2) is 0 Å². The smallest absolute Gasteiger partial charge is 0.0611 e. The van der Waals surface area contributed by atoms with E-state index < -0.39 is 0 Å². The van der Waals surface area contributed by atoms with Crippen LogP contribution in [0, 0.1) is 5.92 Å². The monoisotopic (exact) mass is 347 g/mol. The van der Waals surface area contributed by atoms with Crippen molar-refractivity contribution in [3.05, 3.63) is 34.9 Å². The van der Waals surface area contributed by atoms with E-state index in [2.05, 4.69) is 43.8 Å². The van der Waals surface area contributed by atoms with Crippen molar-refractivity contribution in [2.24, 2.45) is 11.7 Å². The minimum absolute atomic E-state index is 0.116. The molecule has 3 rings (SSSR count). The maximum absolute atomic E-state index is 9.49. The Morgan fingerprint density at radius 1 is 1.29 bits per heavy atom. The molecule has 3 heteroatoms. The first-order valence-electron chi connectivity index (χ1n) is 9.62. The number of aryl methyl sites for hydroxylation is 1. The molecule has 1 aromatic carbocycles. The summed E-state index contributed by atoms with van der Waals surface area (Å²) < 4.78 is 0. The summed E-state index contributed by atoms with van der Waals surface area (Å²) in [5.74, 6) is 2.71. The number of thioether (sulfide) groups is 1. The fourth-order valence-electron chi connectivity index (χ4n) is 4.41. The lowest BCUT2D eigenvalue weighted by Crippen LogP contribution is -2.40. The number of fused-ring (bicyclic) bond motifs is 1. The van der Waals surface area contributed by atoms with Gasteiger partial charge in [0.2, 0.25) is 0 Å². The maximum Gasteiger partial charge on any atom is 0.0611 e. The number of hydrogen-bond acceptors (Lipinski definition) is 3. The van der Waals surface area contributed by atoms with Crippen LogP contribution in [0.5, 0.6) is 0 Å². The Morgan fingerprint density at radius 2 is 2.12 bits per heavy atom. The minimum atomic E-state index is -0.347. The first kappa shape index (κ1) is 18.3. The lowest BCUT2D eigenvalue weighted by molar-refractivity contribution is 0.198. The third-order valence-electron chi connectivity index (χ3n) is 5.97. The maximum atomic E-state index is 9.49. The van der Waals surface area contributed by atoms with E-state index in [4.69, 9.17) is 5.73 Å². The first-order chi connectivity index (χ1) is 11.5. The molecule has 134 valence electrons. The van der Waals surface area contributed by atoms with Gasteiger partial charge in [-0.05, 0) is 84.5 Å². The van der Waals surface area contributed by atoms with Gasteiger partial charge in [0.05, 0.1) is 6.61 Å². The molecule has 0 heterocycles. The van der Waals surface area contributed by atoms with Gasteiger partial charge in [-0.2, -0.15) is 11.8 Å². The van der Waals surface area contributed by atoms with Gasteiger partial charge >= 0.3 is 0 Å². The second-order valence-electron chi connectivity index (χ2n) is 8.31. The summed E-state index contributed by atoms with van der Waals surface area (Å²) in [5, 5.41) is 10.2. The molecule has 2 aliphatic carbocycles. The number of rotatable bonds is 6. The van der Waals surface area contributed by atoms with E-state index in [1.807, 2.05) is 0 Å². The molecule has 0 bridgehead atoms. The summed E-state index contributed by atoms with van der Waals surface area (Å²) in [5.41, 5.74) is 10.5. The topological polar surface area (TPSA) is 46.2 Å². The van der Waals surface area contributed by atoms with Crippen LogP contribution in [-0.4, -0.2) is 28.3 Å². The predicted molar refractivity (Wildman–Crippen MR) is 105 cm³/mol. The van der Waals surface area contributed by atoms with Crippen LogP contribution in [0.4, 0.5) is 0 Å². The first-order valence-corrected chi connectivity index (χ1v) is 10.7. The van der Waals surface area contributed by atoms with Crippen LogP contribution < -0.4 is 5.73 Å². The van der Waals surface area contributed by atoms with E-state index in [1.165, 1.54) is 37.0 Å². The Labute approximate surface area is 151 Å². The fourth-order valence-corrected chi connectivity index (χ4v) is 5.35. The van der Waals surface area contributed by atoms with Crippen molar-refractivity contribution < 1.29 is 5.11 Å². The number of aliphatic hydroxyl groups excluding tert-OH is 1. The van der Waals surface area contributed by atoms with Crippen LogP contribution in [0.3, 0.4) is 0 Å². The van der Waals surface area contributed by atoms with Crippen LogP contribution in [-0.2, 0) is 12.8 Å². The number of aliphatic hydroxyl groups is 1. The molecule has 0 aliphatic heterocycles. The van der Waals surface area contributed by atoms with Gasteiger partial charge in [-0.1, -0.05) is 32.0 Å². The molecule has 24 heavy (non-hydrogen) atoms. The van der Waals surface area contributed by atoms with Crippen molar-refractivity contribution in [2.45, 2.75) is 75.5 Å². The molecule has 0 unspecified atom stereocenters. The van der Waals surface area contributed by atoms with Crippen molar-refractivity contribution in [2.75, 3.05) is 12.4 Å². The molecule has 2 aliphatic rings. The zero-order chi connectivity index (χ0) is 17.2.